The molecule has 2 aromatic carbocycles. The Kier molecular flexibility index (Phi) is 5.16. The van der Waals surface area contributed by atoms with Crippen molar-refractivity contribution in [1.29, 1.82) is 0 Å². The second-order valence-corrected chi connectivity index (χ2v) is 8.56. The van der Waals surface area contributed by atoms with Crippen LogP contribution >= 0.6 is 11.3 Å². The van der Waals surface area contributed by atoms with Crippen LogP contribution in [0.3, 0.4) is 0 Å². The number of rotatable bonds is 4. The Balaban J connectivity index is 1.82. The van der Waals surface area contributed by atoms with Crippen LogP contribution in [0.1, 0.15) is 38.2 Å². The number of hydrogen-bond donors (Lipinski definition) is 0. The highest BCUT2D eigenvalue weighted by atomic mass is 32.1. The number of hydrogen-bond acceptors (Lipinski definition) is 4. The van der Waals surface area contributed by atoms with Crippen LogP contribution < -0.4 is 4.90 Å². The van der Waals surface area contributed by atoms with Crippen LogP contribution in [-0.2, 0) is 6.54 Å². The van der Waals surface area contributed by atoms with Gasteiger partial charge in [-0.3, -0.25) is 14.7 Å². The first kappa shape index (κ1) is 19.3. The Hall–Kier alpha value is -3.05. The largest absolute Gasteiger partial charge is 0.279 e. The quantitative estimate of drug-likeness (QED) is 0.436. The Morgan fingerprint density at radius 2 is 1.72 bits per heavy atom. The number of carbonyl (C=O) groups is 1. The topological polar surface area (TPSA) is 46.1 Å². The molecule has 0 spiro atoms. The second kappa shape index (κ2) is 7.76. The molecule has 0 saturated carbocycles. The van der Waals surface area contributed by atoms with E-state index in [2.05, 4.69) is 37.0 Å². The Morgan fingerprint density at radius 1 is 1.00 bits per heavy atom. The summed E-state index contributed by atoms with van der Waals surface area (Å²) in [5, 5.41) is 0.710. The normalized spacial score (nSPS) is 11.0. The molecule has 0 aliphatic rings. The number of nitrogens with zero attached hydrogens (tertiary/aromatic N) is 3. The van der Waals surface area contributed by atoms with Gasteiger partial charge in [-0.1, -0.05) is 40.7 Å². The maximum atomic E-state index is 13.6. The van der Waals surface area contributed by atoms with Crippen LogP contribution in [0.15, 0.2) is 54.9 Å². The van der Waals surface area contributed by atoms with Crippen molar-refractivity contribution in [3.05, 3.63) is 88.2 Å². The second-order valence-electron chi connectivity index (χ2n) is 7.55. The SMILES string of the molecule is Cc1cc(C)cc(C(=O)N(Cc2cccnc2)c2nc3c(C)cc(C)cc3s2)c1. The van der Waals surface area contributed by atoms with Crippen molar-refractivity contribution in [3.63, 3.8) is 0 Å². The van der Waals surface area contributed by atoms with Gasteiger partial charge in [-0.2, -0.15) is 0 Å². The molecule has 0 radical (unpaired) electrons. The highest BCUT2D eigenvalue weighted by Crippen LogP contribution is 2.33. The predicted molar refractivity (Wildman–Crippen MR) is 120 cm³/mol. The highest BCUT2D eigenvalue weighted by Gasteiger charge is 2.23. The zero-order valence-electron chi connectivity index (χ0n) is 17.1. The Bertz CT molecular complexity index is 1180. The number of anilines is 1. The number of carbonyl (C=O) groups excluding carboxylic acids is 1. The van der Waals surface area contributed by atoms with E-state index in [1.165, 1.54) is 5.56 Å². The summed E-state index contributed by atoms with van der Waals surface area (Å²) in [7, 11) is 0. The summed E-state index contributed by atoms with van der Waals surface area (Å²) in [5.74, 6) is -0.0471. The molecule has 0 atom stereocenters. The molecule has 1 amide bonds. The van der Waals surface area contributed by atoms with Gasteiger partial charge in [0.15, 0.2) is 5.13 Å². The van der Waals surface area contributed by atoms with Crippen molar-refractivity contribution in [2.75, 3.05) is 4.90 Å². The van der Waals surface area contributed by atoms with Crippen LogP contribution in [0, 0.1) is 27.7 Å². The molecule has 0 saturated heterocycles. The van der Waals surface area contributed by atoms with E-state index in [0.717, 1.165) is 32.5 Å². The summed E-state index contributed by atoms with van der Waals surface area (Å²) in [4.78, 5) is 24.4. The fourth-order valence-corrected chi connectivity index (χ4v) is 4.77. The van der Waals surface area contributed by atoms with E-state index < -0.39 is 0 Å². The molecule has 2 aromatic heterocycles. The average molecular weight is 402 g/mol. The average Bonchev–Trinajstić information content (AvgIpc) is 3.09. The lowest BCUT2D eigenvalue weighted by molar-refractivity contribution is 0.0985. The zero-order chi connectivity index (χ0) is 20.5. The molecule has 5 heteroatoms. The van der Waals surface area contributed by atoms with Crippen molar-refractivity contribution in [1.82, 2.24) is 9.97 Å². The van der Waals surface area contributed by atoms with Crippen LogP contribution in [0.2, 0.25) is 0 Å². The maximum absolute atomic E-state index is 13.6. The van der Waals surface area contributed by atoms with Gasteiger partial charge in [-0.15, -0.1) is 0 Å². The molecule has 2 heterocycles. The number of benzene rings is 2. The molecule has 0 aliphatic carbocycles. The Labute approximate surface area is 174 Å². The maximum Gasteiger partial charge on any atom is 0.260 e. The third-order valence-electron chi connectivity index (χ3n) is 4.83. The molecule has 29 heavy (non-hydrogen) atoms. The molecule has 0 N–H and O–H groups in total. The van der Waals surface area contributed by atoms with Crippen LogP contribution in [0.5, 0.6) is 0 Å². The van der Waals surface area contributed by atoms with Crippen LogP contribution in [-0.4, -0.2) is 15.9 Å². The van der Waals surface area contributed by atoms with Crippen molar-refractivity contribution < 1.29 is 4.79 Å². The standard InChI is InChI=1S/C24H23N3OS/c1-15-8-16(2)11-20(10-15)23(28)27(14-19-6-5-7-25-13-19)24-26-22-18(4)9-17(3)12-21(22)29-24/h5-13H,14H2,1-4H3. The third kappa shape index (κ3) is 4.05. The number of fused-ring (bicyclic) bond motifs is 1. The first-order valence-electron chi connectivity index (χ1n) is 9.57. The first-order chi connectivity index (χ1) is 13.9. The summed E-state index contributed by atoms with van der Waals surface area (Å²) < 4.78 is 1.10. The van der Waals surface area contributed by atoms with Crippen LogP contribution in [0.25, 0.3) is 10.2 Å². The minimum atomic E-state index is -0.0471. The molecule has 0 fully saturated rings. The molecule has 0 aliphatic heterocycles. The van der Waals surface area contributed by atoms with Crippen molar-refractivity contribution in [3.8, 4) is 0 Å². The summed E-state index contributed by atoms with van der Waals surface area (Å²) in [6.07, 6.45) is 3.54. The summed E-state index contributed by atoms with van der Waals surface area (Å²) >= 11 is 1.56. The number of pyridine rings is 1. The lowest BCUT2D eigenvalue weighted by Crippen LogP contribution is -2.30. The summed E-state index contributed by atoms with van der Waals surface area (Å²) in [5.41, 5.74) is 7.08. The number of aromatic nitrogens is 2. The van der Waals surface area contributed by atoms with Gasteiger partial charge in [-0.25, -0.2) is 4.98 Å². The molecule has 0 unspecified atom stereocenters. The van der Waals surface area contributed by atoms with E-state index in [0.29, 0.717) is 17.2 Å². The molecule has 146 valence electrons. The van der Waals surface area contributed by atoms with E-state index in [4.69, 9.17) is 4.98 Å². The predicted octanol–water partition coefficient (Wildman–Crippen LogP) is 5.77. The Morgan fingerprint density at radius 3 is 2.41 bits per heavy atom. The molecule has 0 bridgehead atoms. The number of amides is 1. The third-order valence-corrected chi connectivity index (χ3v) is 5.85. The summed E-state index contributed by atoms with van der Waals surface area (Å²) in [6.45, 7) is 8.60. The van der Waals surface area contributed by atoms with E-state index >= 15 is 0 Å². The molecule has 4 nitrogen and oxygen atoms in total. The van der Waals surface area contributed by atoms with Gasteiger partial charge in [0, 0.05) is 18.0 Å². The molecule has 4 rings (SSSR count). The van der Waals surface area contributed by atoms with Gasteiger partial charge in [0.25, 0.3) is 5.91 Å². The minimum absolute atomic E-state index is 0.0471. The van der Waals surface area contributed by atoms with E-state index in [1.54, 1.807) is 28.6 Å². The first-order valence-corrected chi connectivity index (χ1v) is 10.4. The van der Waals surface area contributed by atoms with Gasteiger partial charge in [0.1, 0.15) is 0 Å². The van der Waals surface area contributed by atoms with Gasteiger partial charge < -0.3 is 0 Å². The fourth-order valence-electron chi connectivity index (χ4n) is 3.63. The minimum Gasteiger partial charge on any atom is -0.279 e. The van der Waals surface area contributed by atoms with Crippen molar-refractivity contribution >= 4 is 32.6 Å². The number of aryl methyl sites for hydroxylation is 4. The zero-order valence-corrected chi connectivity index (χ0v) is 17.9. The fraction of sp³-hybridized carbons (Fsp3) is 0.208. The molecule has 4 aromatic rings. The van der Waals surface area contributed by atoms with Crippen molar-refractivity contribution in [2.45, 2.75) is 34.2 Å². The van der Waals surface area contributed by atoms with E-state index in [-0.39, 0.29) is 5.91 Å². The van der Waals surface area contributed by atoms with Gasteiger partial charge in [0.05, 0.1) is 16.8 Å². The number of thiazole rings is 1. The lowest BCUT2D eigenvalue weighted by Gasteiger charge is -2.20. The van der Waals surface area contributed by atoms with Gasteiger partial charge in [0.2, 0.25) is 0 Å². The smallest absolute Gasteiger partial charge is 0.260 e. The molecular formula is C24H23N3OS. The van der Waals surface area contributed by atoms with E-state index in [9.17, 15) is 4.79 Å². The van der Waals surface area contributed by atoms with Crippen LogP contribution in [0.4, 0.5) is 5.13 Å². The van der Waals surface area contributed by atoms with E-state index in [1.807, 2.05) is 38.1 Å². The lowest BCUT2D eigenvalue weighted by atomic mass is 10.1. The summed E-state index contributed by atoms with van der Waals surface area (Å²) in [6, 6.07) is 14.1. The molecular weight excluding hydrogens is 378 g/mol. The van der Waals surface area contributed by atoms with Gasteiger partial charge in [-0.05, 0) is 68.7 Å². The monoisotopic (exact) mass is 401 g/mol. The van der Waals surface area contributed by atoms with Crippen molar-refractivity contribution in [2.24, 2.45) is 0 Å². The highest BCUT2D eigenvalue weighted by molar-refractivity contribution is 7.22. The van der Waals surface area contributed by atoms with Gasteiger partial charge >= 0.3 is 0 Å².